The van der Waals surface area contributed by atoms with Crippen molar-refractivity contribution in [2.45, 2.75) is 31.3 Å². The highest BCUT2D eigenvalue weighted by Gasteiger charge is 2.23. The number of hydrogen-bond acceptors (Lipinski definition) is 7. The van der Waals surface area contributed by atoms with E-state index in [9.17, 15) is 13.2 Å². The smallest absolute Gasteiger partial charge is 0.222 e. The third-order valence-corrected chi connectivity index (χ3v) is 5.12. The standard InChI is InChI=1S/C17H20N4O4S/c1-11-8-14(25-12-5-6-15(19-9-12)26(2,23)24)13(20-17(11)18)10-21-7-3-4-16(21)22/h5-6,8-9H,3-4,7,10H2,1-2H3,(H2,18,20). The maximum absolute atomic E-state index is 11.9. The number of nitrogens with zero attached hydrogens (tertiary/aromatic N) is 3. The van der Waals surface area contributed by atoms with Gasteiger partial charge in [0.25, 0.3) is 0 Å². The molecular weight excluding hydrogens is 356 g/mol. The van der Waals surface area contributed by atoms with E-state index in [1.54, 1.807) is 11.0 Å². The van der Waals surface area contributed by atoms with Crippen LogP contribution in [0, 0.1) is 6.92 Å². The molecule has 3 heterocycles. The molecule has 1 fully saturated rings. The molecule has 1 saturated heterocycles. The number of rotatable bonds is 5. The van der Waals surface area contributed by atoms with Gasteiger partial charge >= 0.3 is 0 Å². The van der Waals surface area contributed by atoms with Gasteiger partial charge < -0.3 is 15.4 Å². The number of nitrogens with two attached hydrogens (primary N) is 1. The third-order valence-electron chi connectivity index (χ3n) is 4.12. The molecule has 0 atom stereocenters. The lowest BCUT2D eigenvalue weighted by Crippen LogP contribution is -2.25. The third kappa shape index (κ3) is 3.93. The fraction of sp³-hybridized carbons (Fsp3) is 0.353. The number of aromatic nitrogens is 2. The Balaban J connectivity index is 1.88. The summed E-state index contributed by atoms with van der Waals surface area (Å²) in [4.78, 5) is 21.9. The largest absolute Gasteiger partial charge is 0.454 e. The van der Waals surface area contributed by atoms with E-state index in [0.717, 1.165) is 18.2 Å². The molecule has 0 radical (unpaired) electrons. The lowest BCUT2D eigenvalue weighted by Gasteiger charge is -2.18. The van der Waals surface area contributed by atoms with Crippen molar-refractivity contribution in [3.8, 4) is 11.5 Å². The van der Waals surface area contributed by atoms with E-state index in [-0.39, 0.29) is 10.9 Å². The number of sulfone groups is 1. The Bertz CT molecular complexity index is 942. The van der Waals surface area contributed by atoms with Gasteiger partial charge in [-0.3, -0.25) is 4.79 Å². The first-order chi connectivity index (χ1) is 12.2. The summed E-state index contributed by atoms with van der Waals surface area (Å²) in [6.45, 7) is 2.80. The van der Waals surface area contributed by atoms with Gasteiger partial charge in [-0.05, 0) is 37.1 Å². The normalized spacial score (nSPS) is 14.7. The van der Waals surface area contributed by atoms with Crippen LogP contribution in [0.2, 0.25) is 0 Å². The van der Waals surface area contributed by atoms with Gasteiger partial charge in [-0.25, -0.2) is 18.4 Å². The first kappa shape index (κ1) is 18.1. The van der Waals surface area contributed by atoms with E-state index < -0.39 is 9.84 Å². The number of pyridine rings is 2. The number of amides is 1. The molecule has 2 aromatic heterocycles. The van der Waals surface area contributed by atoms with Crippen molar-refractivity contribution in [3.05, 3.63) is 35.7 Å². The molecular formula is C17H20N4O4S. The Labute approximate surface area is 151 Å². The summed E-state index contributed by atoms with van der Waals surface area (Å²) in [6.07, 6.45) is 3.79. The maximum Gasteiger partial charge on any atom is 0.222 e. The lowest BCUT2D eigenvalue weighted by molar-refractivity contribution is -0.128. The van der Waals surface area contributed by atoms with Crippen LogP contribution in [-0.4, -0.2) is 42.0 Å². The van der Waals surface area contributed by atoms with Crippen LogP contribution in [0.1, 0.15) is 24.1 Å². The summed E-state index contributed by atoms with van der Waals surface area (Å²) in [5, 5.41) is -0.0284. The topological polar surface area (TPSA) is 115 Å². The molecule has 8 nitrogen and oxygen atoms in total. The monoisotopic (exact) mass is 376 g/mol. The molecule has 2 N–H and O–H groups in total. The van der Waals surface area contributed by atoms with Crippen molar-refractivity contribution in [2.75, 3.05) is 18.5 Å². The number of anilines is 1. The second-order valence-electron chi connectivity index (χ2n) is 6.26. The highest BCUT2D eigenvalue weighted by molar-refractivity contribution is 7.90. The van der Waals surface area contributed by atoms with Crippen molar-refractivity contribution in [1.82, 2.24) is 14.9 Å². The van der Waals surface area contributed by atoms with E-state index in [0.29, 0.717) is 42.5 Å². The van der Waals surface area contributed by atoms with Crippen molar-refractivity contribution in [1.29, 1.82) is 0 Å². The molecule has 0 bridgehead atoms. The van der Waals surface area contributed by atoms with Crippen molar-refractivity contribution in [2.24, 2.45) is 0 Å². The van der Waals surface area contributed by atoms with Crippen LogP contribution < -0.4 is 10.5 Å². The molecule has 26 heavy (non-hydrogen) atoms. The number of hydrogen-bond donors (Lipinski definition) is 1. The molecule has 0 aliphatic carbocycles. The summed E-state index contributed by atoms with van der Waals surface area (Å²) in [5.74, 6) is 1.29. The minimum atomic E-state index is -3.37. The van der Waals surface area contributed by atoms with Gasteiger partial charge in [0, 0.05) is 19.2 Å². The van der Waals surface area contributed by atoms with E-state index in [2.05, 4.69) is 9.97 Å². The Hall–Kier alpha value is -2.68. The fourth-order valence-corrected chi connectivity index (χ4v) is 3.23. The number of likely N-dealkylation sites (tertiary alicyclic amines) is 1. The number of nitrogen functional groups attached to an aromatic ring is 1. The highest BCUT2D eigenvalue weighted by atomic mass is 32.2. The number of aryl methyl sites for hydroxylation is 1. The zero-order valence-electron chi connectivity index (χ0n) is 14.6. The van der Waals surface area contributed by atoms with Gasteiger partial charge in [0.05, 0.1) is 12.7 Å². The summed E-state index contributed by atoms with van der Waals surface area (Å²) in [6, 6.07) is 4.66. The molecule has 0 spiro atoms. The van der Waals surface area contributed by atoms with E-state index in [1.165, 1.54) is 18.3 Å². The van der Waals surface area contributed by atoms with Gasteiger partial charge in [0.2, 0.25) is 5.91 Å². The lowest BCUT2D eigenvalue weighted by atomic mass is 10.2. The van der Waals surface area contributed by atoms with Crippen LogP contribution in [-0.2, 0) is 21.2 Å². The van der Waals surface area contributed by atoms with Crippen molar-refractivity contribution >= 4 is 21.6 Å². The SMILES string of the molecule is Cc1cc(Oc2ccc(S(C)(=O)=O)nc2)c(CN2CCCC2=O)nc1N. The highest BCUT2D eigenvalue weighted by Crippen LogP contribution is 2.29. The van der Waals surface area contributed by atoms with E-state index in [1.807, 2.05) is 6.92 Å². The minimum absolute atomic E-state index is 0.0284. The second kappa shape index (κ2) is 6.91. The second-order valence-corrected chi connectivity index (χ2v) is 8.22. The molecule has 138 valence electrons. The predicted molar refractivity (Wildman–Crippen MR) is 95.5 cm³/mol. The first-order valence-electron chi connectivity index (χ1n) is 8.12. The molecule has 0 unspecified atom stereocenters. The van der Waals surface area contributed by atoms with Crippen LogP contribution in [0.25, 0.3) is 0 Å². The Kier molecular flexibility index (Phi) is 4.82. The maximum atomic E-state index is 11.9. The summed E-state index contributed by atoms with van der Waals surface area (Å²) in [5.41, 5.74) is 7.21. The number of ether oxygens (including phenoxy) is 1. The van der Waals surface area contributed by atoms with Crippen LogP contribution in [0.4, 0.5) is 5.82 Å². The number of carbonyl (C=O) groups is 1. The van der Waals surface area contributed by atoms with Crippen LogP contribution in [0.3, 0.4) is 0 Å². The van der Waals surface area contributed by atoms with Crippen LogP contribution >= 0.6 is 0 Å². The molecule has 1 amide bonds. The van der Waals surface area contributed by atoms with Gasteiger partial charge in [0.1, 0.15) is 17.3 Å². The Morgan fingerprint density at radius 1 is 1.35 bits per heavy atom. The molecule has 9 heteroatoms. The number of carbonyl (C=O) groups excluding carboxylic acids is 1. The van der Waals surface area contributed by atoms with Crippen LogP contribution in [0.5, 0.6) is 11.5 Å². The van der Waals surface area contributed by atoms with Gasteiger partial charge in [0.15, 0.2) is 20.6 Å². The Morgan fingerprint density at radius 2 is 2.12 bits per heavy atom. The van der Waals surface area contributed by atoms with Crippen molar-refractivity contribution < 1.29 is 17.9 Å². The zero-order chi connectivity index (χ0) is 18.9. The predicted octanol–water partition coefficient (Wildman–Crippen LogP) is 1.69. The zero-order valence-corrected chi connectivity index (χ0v) is 15.4. The van der Waals surface area contributed by atoms with Gasteiger partial charge in [-0.2, -0.15) is 0 Å². The van der Waals surface area contributed by atoms with Crippen molar-refractivity contribution in [3.63, 3.8) is 0 Å². The van der Waals surface area contributed by atoms with Gasteiger partial charge in [-0.1, -0.05) is 0 Å². The first-order valence-corrected chi connectivity index (χ1v) is 10.0. The summed E-state index contributed by atoms with van der Waals surface area (Å²) in [7, 11) is -3.37. The van der Waals surface area contributed by atoms with E-state index in [4.69, 9.17) is 10.5 Å². The molecule has 2 aromatic rings. The average Bonchev–Trinajstić information content (AvgIpc) is 2.97. The molecule has 0 aromatic carbocycles. The van der Waals surface area contributed by atoms with E-state index >= 15 is 0 Å². The molecule has 1 aliphatic heterocycles. The molecule has 1 aliphatic rings. The molecule has 0 saturated carbocycles. The fourth-order valence-electron chi connectivity index (χ4n) is 2.67. The van der Waals surface area contributed by atoms with Crippen LogP contribution in [0.15, 0.2) is 29.4 Å². The quantitative estimate of drug-likeness (QED) is 0.844. The summed E-state index contributed by atoms with van der Waals surface area (Å²) < 4.78 is 28.8. The summed E-state index contributed by atoms with van der Waals surface area (Å²) >= 11 is 0. The Morgan fingerprint density at radius 3 is 2.69 bits per heavy atom. The van der Waals surface area contributed by atoms with Gasteiger partial charge in [-0.15, -0.1) is 0 Å². The minimum Gasteiger partial charge on any atom is -0.454 e. The average molecular weight is 376 g/mol. The molecule has 3 rings (SSSR count).